The van der Waals surface area contributed by atoms with Crippen LogP contribution in [0.2, 0.25) is 0 Å². The summed E-state index contributed by atoms with van der Waals surface area (Å²) >= 11 is 0. The van der Waals surface area contributed by atoms with Crippen LogP contribution in [-0.2, 0) is 6.42 Å². The van der Waals surface area contributed by atoms with Gasteiger partial charge >= 0.3 is 0 Å². The smallest absolute Gasteiger partial charge is 0.00257 e. The standard InChI is InChI=1S/C17H18/c1-3-7-17-11-10-16(12-14(17)2)13-15-8-5-4-6-9-15/h3-12H,13H2,1-2H3/b7-3+. The van der Waals surface area contributed by atoms with Gasteiger partial charge in [-0.25, -0.2) is 0 Å². The van der Waals surface area contributed by atoms with Gasteiger partial charge < -0.3 is 0 Å². The van der Waals surface area contributed by atoms with Crippen molar-refractivity contribution in [1.29, 1.82) is 0 Å². The molecule has 2 aromatic rings. The lowest BCUT2D eigenvalue weighted by molar-refractivity contribution is 1.18. The van der Waals surface area contributed by atoms with Crippen LogP contribution in [0.3, 0.4) is 0 Å². The molecule has 0 aliphatic rings. The molecule has 2 aromatic carbocycles. The van der Waals surface area contributed by atoms with Crippen LogP contribution in [0.5, 0.6) is 0 Å². The minimum Gasteiger partial charge on any atom is -0.0871 e. The Morgan fingerprint density at radius 2 is 1.71 bits per heavy atom. The molecule has 86 valence electrons. The molecule has 0 radical (unpaired) electrons. The third-order valence-electron chi connectivity index (χ3n) is 2.93. The number of hydrogen-bond donors (Lipinski definition) is 0. The van der Waals surface area contributed by atoms with Gasteiger partial charge in [-0.15, -0.1) is 0 Å². The Morgan fingerprint density at radius 1 is 0.941 bits per heavy atom. The average molecular weight is 222 g/mol. The average Bonchev–Trinajstić information content (AvgIpc) is 2.34. The van der Waals surface area contributed by atoms with E-state index in [1.54, 1.807) is 0 Å². The van der Waals surface area contributed by atoms with Gasteiger partial charge in [0.15, 0.2) is 0 Å². The highest BCUT2D eigenvalue weighted by Crippen LogP contribution is 2.15. The maximum Gasteiger partial charge on any atom is -0.00257 e. The van der Waals surface area contributed by atoms with Gasteiger partial charge in [0.25, 0.3) is 0 Å². The number of benzene rings is 2. The van der Waals surface area contributed by atoms with E-state index in [1.807, 2.05) is 0 Å². The molecule has 17 heavy (non-hydrogen) atoms. The van der Waals surface area contributed by atoms with E-state index in [9.17, 15) is 0 Å². The second kappa shape index (κ2) is 5.49. The molecule has 0 saturated carbocycles. The van der Waals surface area contributed by atoms with Crippen molar-refractivity contribution in [3.63, 3.8) is 0 Å². The second-order valence-corrected chi connectivity index (χ2v) is 4.35. The van der Waals surface area contributed by atoms with Gasteiger partial charge in [-0.1, -0.05) is 60.7 Å². The summed E-state index contributed by atoms with van der Waals surface area (Å²) in [6.45, 7) is 4.22. The van der Waals surface area contributed by atoms with Gasteiger partial charge in [0.05, 0.1) is 0 Å². The monoisotopic (exact) mass is 222 g/mol. The van der Waals surface area contributed by atoms with Crippen molar-refractivity contribution < 1.29 is 0 Å². The van der Waals surface area contributed by atoms with Crippen molar-refractivity contribution >= 4 is 6.08 Å². The van der Waals surface area contributed by atoms with E-state index in [4.69, 9.17) is 0 Å². The van der Waals surface area contributed by atoms with Crippen LogP contribution in [0.15, 0.2) is 54.6 Å². The first kappa shape index (κ1) is 11.7. The van der Waals surface area contributed by atoms with Gasteiger partial charge in [-0.3, -0.25) is 0 Å². The molecule has 0 nitrogen and oxygen atoms in total. The largest absolute Gasteiger partial charge is 0.0871 e. The summed E-state index contributed by atoms with van der Waals surface area (Å²) in [7, 11) is 0. The summed E-state index contributed by atoms with van der Waals surface area (Å²) in [6.07, 6.45) is 5.25. The fourth-order valence-corrected chi connectivity index (χ4v) is 2.05. The normalized spacial score (nSPS) is 10.9. The second-order valence-electron chi connectivity index (χ2n) is 4.35. The highest BCUT2D eigenvalue weighted by Gasteiger charge is 1.99. The summed E-state index contributed by atoms with van der Waals surface area (Å²) in [5.41, 5.74) is 5.40. The van der Waals surface area contributed by atoms with Crippen LogP contribution in [0.4, 0.5) is 0 Å². The molecule has 0 unspecified atom stereocenters. The number of allylic oxidation sites excluding steroid dienone is 1. The van der Waals surface area contributed by atoms with E-state index in [0.29, 0.717) is 0 Å². The highest BCUT2D eigenvalue weighted by molar-refractivity contribution is 5.54. The van der Waals surface area contributed by atoms with E-state index in [-0.39, 0.29) is 0 Å². The van der Waals surface area contributed by atoms with Crippen LogP contribution in [0.1, 0.15) is 29.2 Å². The topological polar surface area (TPSA) is 0 Å². The third-order valence-corrected chi connectivity index (χ3v) is 2.93. The molecular weight excluding hydrogens is 204 g/mol. The summed E-state index contributed by atoms with van der Waals surface area (Å²) in [6, 6.07) is 17.3. The first-order valence-electron chi connectivity index (χ1n) is 6.06. The number of aryl methyl sites for hydroxylation is 1. The molecule has 0 fully saturated rings. The Morgan fingerprint density at radius 3 is 2.35 bits per heavy atom. The van der Waals surface area contributed by atoms with Crippen molar-refractivity contribution in [2.45, 2.75) is 20.3 Å². The van der Waals surface area contributed by atoms with E-state index in [0.717, 1.165) is 6.42 Å². The van der Waals surface area contributed by atoms with E-state index in [2.05, 4.69) is 74.5 Å². The number of hydrogen-bond acceptors (Lipinski definition) is 0. The Labute approximate surface area is 104 Å². The summed E-state index contributed by atoms with van der Waals surface area (Å²) in [5, 5.41) is 0. The first-order chi connectivity index (χ1) is 8.29. The van der Waals surface area contributed by atoms with E-state index < -0.39 is 0 Å². The van der Waals surface area contributed by atoms with Crippen molar-refractivity contribution in [1.82, 2.24) is 0 Å². The lowest BCUT2D eigenvalue weighted by atomic mass is 10.00. The van der Waals surface area contributed by atoms with Gasteiger partial charge in [0.2, 0.25) is 0 Å². The molecule has 0 N–H and O–H groups in total. The molecule has 0 aliphatic carbocycles. The lowest BCUT2D eigenvalue weighted by Crippen LogP contribution is -1.90. The predicted molar refractivity (Wildman–Crippen MR) is 75.1 cm³/mol. The summed E-state index contributed by atoms with van der Waals surface area (Å²) in [5.74, 6) is 0. The molecule has 0 saturated heterocycles. The van der Waals surface area contributed by atoms with E-state index >= 15 is 0 Å². The molecule has 0 aliphatic heterocycles. The van der Waals surface area contributed by atoms with Crippen molar-refractivity contribution in [2.75, 3.05) is 0 Å². The molecule has 0 aromatic heterocycles. The van der Waals surface area contributed by atoms with E-state index in [1.165, 1.54) is 22.3 Å². The zero-order valence-electron chi connectivity index (χ0n) is 10.5. The summed E-state index contributed by atoms with van der Waals surface area (Å²) < 4.78 is 0. The lowest BCUT2D eigenvalue weighted by Gasteiger charge is -2.06. The van der Waals surface area contributed by atoms with Gasteiger partial charge in [-0.2, -0.15) is 0 Å². The van der Waals surface area contributed by atoms with Crippen molar-refractivity contribution in [3.8, 4) is 0 Å². The molecular formula is C17H18. The minimum atomic E-state index is 1.01. The Hall–Kier alpha value is -1.82. The zero-order chi connectivity index (χ0) is 12.1. The quantitative estimate of drug-likeness (QED) is 0.711. The SMILES string of the molecule is C/C=C/c1ccc(Cc2ccccc2)cc1C. The Bertz CT molecular complexity index is 507. The number of rotatable bonds is 3. The van der Waals surface area contributed by atoms with Gasteiger partial charge in [0, 0.05) is 0 Å². The van der Waals surface area contributed by atoms with Crippen LogP contribution in [0.25, 0.3) is 6.08 Å². The first-order valence-corrected chi connectivity index (χ1v) is 6.06. The maximum atomic E-state index is 2.28. The molecule has 0 heteroatoms. The molecule has 0 spiro atoms. The Kier molecular flexibility index (Phi) is 3.77. The summed E-state index contributed by atoms with van der Waals surface area (Å²) in [4.78, 5) is 0. The van der Waals surface area contributed by atoms with Crippen LogP contribution >= 0.6 is 0 Å². The Balaban J connectivity index is 2.21. The molecule has 2 rings (SSSR count). The van der Waals surface area contributed by atoms with Crippen LogP contribution < -0.4 is 0 Å². The highest BCUT2D eigenvalue weighted by atomic mass is 14.0. The molecule has 0 heterocycles. The van der Waals surface area contributed by atoms with Crippen LogP contribution in [-0.4, -0.2) is 0 Å². The predicted octanol–water partition coefficient (Wildman–Crippen LogP) is 4.62. The fourth-order valence-electron chi connectivity index (χ4n) is 2.05. The fraction of sp³-hybridized carbons (Fsp3) is 0.176. The molecule has 0 bridgehead atoms. The van der Waals surface area contributed by atoms with Crippen LogP contribution in [0, 0.1) is 6.92 Å². The van der Waals surface area contributed by atoms with Gasteiger partial charge in [0.1, 0.15) is 0 Å². The minimum absolute atomic E-state index is 1.01. The molecule has 0 atom stereocenters. The molecule has 0 amide bonds. The third kappa shape index (κ3) is 3.07. The zero-order valence-corrected chi connectivity index (χ0v) is 10.5. The van der Waals surface area contributed by atoms with Crippen molar-refractivity contribution in [3.05, 3.63) is 76.9 Å². The maximum absolute atomic E-state index is 2.28. The van der Waals surface area contributed by atoms with Gasteiger partial charge in [-0.05, 0) is 42.5 Å². The van der Waals surface area contributed by atoms with Crippen molar-refractivity contribution in [2.24, 2.45) is 0 Å².